The average molecular weight is 469 g/mol. The van der Waals surface area contributed by atoms with Gasteiger partial charge >= 0.3 is 0 Å². The van der Waals surface area contributed by atoms with Crippen LogP contribution >= 0.6 is 34.7 Å². The molecule has 0 bridgehead atoms. The Morgan fingerprint density at radius 1 is 1.16 bits per heavy atom. The third-order valence-electron chi connectivity index (χ3n) is 4.70. The lowest BCUT2D eigenvalue weighted by molar-refractivity contribution is -0.115. The lowest BCUT2D eigenvalue weighted by atomic mass is 10.0. The van der Waals surface area contributed by atoms with E-state index >= 15 is 0 Å². The highest BCUT2D eigenvalue weighted by Gasteiger charge is 2.18. The predicted molar refractivity (Wildman–Crippen MR) is 129 cm³/mol. The average Bonchev–Trinajstić information content (AvgIpc) is 3.14. The van der Waals surface area contributed by atoms with E-state index in [2.05, 4.69) is 32.4 Å². The molecule has 0 spiro atoms. The number of hydrogen-bond acceptors (Lipinski definition) is 6. The summed E-state index contributed by atoms with van der Waals surface area (Å²) < 4.78 is 0. The third kappa shape index (κ3) is 5.42. The molecule has 0 aliphatic rings. The SMILES string of the molecule is Cc1cc(C)nc(SC(C)C(=O)Nc2ncc(Cc3cccc4ccc(Cl)cc34)s2)n1. The first-order valence-corrected chi connectivity index (χ1v) is 11.9. The summed E-state index contributed by atoms with van der Waals surface area (Å²) >= 11 is 9.01. The van der Waals surface area contributed by atoms with Crippen molar-refractivity contribution in [1.29, 1.82) is 0 Å². The van der Waals surface area contributed by atoms with Crippen molar-refractivity contribution in [3.63, 3.8) is 0 Å². The van der Waals surface area contributed by atoms with E-state index in [4.69, 9.17) is 11.6 Å². The number of nitrogens with one attached hydrogen (secondary N) is 1. The van der Waals surface area contributed by atoms with Crippen LogP contribution in [-0.2, 0) is 11.2 Å². The zero-order valence-electron chi connectivity index (χ0n) is 17.3. The molecule has 1 amide bonds. The maximum absolute atomic E-state index is 12.6. The maximum atomic E-state index is 12.6. The van der Waals surface area contributed by atoms with Gasteiger partial charge in [-0.2, -0.15) is 0 Å². The summed E-state index contributed by atoms with van der Waals surface area (Å²) in [4.78, 5) is 26.9. The van der Waals surface area contributed by atoms with Crippen LogP contribution in [0.25, 0.3) is 10.8 Å². The number of carbonyl (C=O) groups is 1. The smallest absolute Gasteiger partial charge is 0.239 e. The summed E-state index contributed by atoms with van der Waals surface area (Å²) in [5.74, 6) is -0.120. The molecule has 0 fully saturated rings. The number of rotatable bonds is 6. The zero-order chi connectivity index (χ0) is 22.0. The zero-order valence-corrected chi connectivity index (χ0v) is 19.7. The summed E-state index contributed by atoms with van der Waals surface area (Å²) in [5.41, 5.74) is 2.96. The molecular weight excluding hydrogens is 448 g/mol. The van der Waals surface area contributed by atoms with Gasteiger partial charge in [-0.1, -0.05) is 47.6 Å². The van der Waals surface area contributed by atoms with Gasteiger partial charge in [0.1, 0.15) is 0 Å². The van der Waals surface area contributed by atoms with Gasteiger partial charge in [0.15, 0.2) is 10.3 Å². The Kier molecular flexibility index (Phi) is 6.55. The van der Waals surface area contributed by atoms with E-state index in [0.717, 1.165) is 38.5 Å². The fourth-order valence-corrected chi connectivity index (χ4v) is 5.15. The van der Waals surface area contributed by atoms with Gasteiger partial charge in [-0.25, -0.2) is 15.0 Å². The van der Waals surface area contributed by atoms with Crippen molar-refractivity contribution in [2.75, 3.05) is 5.32 Å². The van der Waals surface area contributed by atoms with E-state index in [9.17, 15) is 4.79 Å². The van der Waals surface area contributed by atoms with Gasteiger partial charge in [0.05, 0.1) is 5.25 Å². The van der Waals surface area contributed by atoms with Crippen molar-refractivity contribution in [2.45, 2.75) is 37.6 Å². The molecule has 4 aromatic rings. The summed E-state index contributed by atoms with van der Waals surface area (Å²) in [6, 6.07) is 14.0. The summed E-state index contributed by atoms with van der Waals surface area (Å²) in [6.45, 7) is 5.68. The fourth-order valence-electron chi connectivity index (χ4n) is 3.26. The number of benzene rings is 2. The number of carbonyl (C=O) groups excluding carboxylic acids is 1. The van der Waals surface area contributed by atoms with Crippen LogP contribution in [0.5, 0.6) is 0 Å². The van der Waals surface area contributed by atoms with Crippen LogP contribution in [0.3, 0.4) is 0 Å². The Hall–Kier alpha value is -2.48. The summed E-state index contributed by atoms with van der Waals surface area (Å²) in [6.07, 6.45) is 2.54. The second-order valence-electron chi connectivity index (χ2n) is 7.27. The number of amides is 1. The first-order chi connectivity index (χ1) is 14.9. The van der Waals surface area contributed by atoms with Crippen LogP contribution in [0.2, 0.25) is 5.02 Å². The second kappa shape index (κ2) is 9.34. The van der Waals surface area contributed by atoms with Gasteiger partial charge in [0.2, 0.25) is 5.91 Å². The highest BCUT2D eigenvalue weighted by molar-refractivity contribution is 8.00. The largest absolute Gasteiger partial charge is 0.301 e. The number of aryl methyl sites for hydroxylation is 2. The van der Waals surface area contributed by atoms with Crippen LogP contribution < -0.4 is 5.32 Å². The Bertz CT molecular complexity index is 1240. The molecule has 4 rings (SSSR count). The molecule has 8 heteroatoms. The van der Waals surface area contributed by atoms with Crippen LogP contribution in [0.4, 0.5) is 5.13 Å². The predicted octanol–water partition coefficient (Wildman–Crippen LogP) is 6.07. The number of thioether (sulfide) groups is 1. The van der Waals surface area contributed by atoms with Crippen molar-refractivity contribution in [1.82, 2.24) is 15.0 Å². The molecule has 1 atom stereocenters. The molecule has 0 aliphatic heterocycles. The van der Waals surface area contributed by atoms with E-state index in [1.54, 1.807) is 0 Å². The molecule has 1 N–H and O–H groups in total. The number of fused-ring (bicyclic) bond motifs is 1. The number of anilines is 1. The van der Waals surface area contributed by atoms with Gasteiger partial charge in [-0.15, -0.1) is 11.3 Å². The minimum atomic E-state index is -0.339. The fraction of sp³-hybridized carbons (Fsp3) is 0.217. The monoisotopic (exact) mass is 468 g/mol. The van der Waals surface area contributed by atoms with Gasteiger partial charge in [0, 0.05) is 33.9 Å². The molecule has 1 unspecified atom stereocenters. The number of thiazole rings is 1. The Labute approximate surface area is 194 Å². The number of halogens is 1. The number of hydrogen-bond donors (Lipinski definition) is 1. The minimum absolute atomic E-state index is 0.120. The van der Waals surface area contributed by atoms with Crippen molar-refractivity contribution in [2.24, 2.45) is 0 Å². The Balaban J connectivity index is 1.43. The second-order valence-corrected chi connectivity index (χ2v) is 10.1. The van der Waals surface area contributed by atoms with E-state index < -0.39 is 0 Å². The molecular formula is C23H21ClN4OS2. The number of nitrogens with zero attached hydrogens (tertiary/aromatic N) is 3. The normalized spacial score (nSPS) is 12.1. The molecule has 31 heavy (non-hydrogen) atoms. The first-order valence-electron chi connectivity index (χ1n) is 9.79. The van der Waals surface area contributed by atoms with Gasteiger partial charge in [0.25, 0.3) is 0 Å². The molecule has 5 nitrogen and oxygen atoms in total. The van der Waals surface area contributed by atoms with E-state index in [0.29, 0.717) is 10.3 Å². The van der Waals surface area contributed by atoms with E-state index in [1.165, 1.54) is 28.7 Å². The van der Waals surface area contributed by atoms with Crippen LogP contribution in [-0.4, -0.2) is 26.1 Å². The quantitative estimate of drug-likeness (QED) is 0.275. The van der Waals surface area contributed by atoms with Crippen LogP contribution in [0, 0.1) is 13.8 Å². The highest BCUT2D eigenvalue weighted by atomic mass is 35.5. The molecule has 2 heterocycles. The molecule has 0 radical (unpaired) electrons. The van der Waals surface area contributed by atoms with Crippen molar-refractivity contribution in [3.05, 3.63) is 75.5 Å². The topological polar surface area (TPSA) is 67.8 Å². The van der Waals surface area contributed by atoms with E-state index in [-0.39, 0.29) is 11.2 Å². The van der Waals surface area contributed by atoms with E-state index in [1.807, 2.05) is 57.3 Å². The van der Waals surface area contributed by atoms with Gasteiger partial charge in [-0.05, 0) is 55.3 Å². The molecule has 0 aliphatic carbocycles. The first kappa shape index (κ1) is 21.7. The highest BCUT2D eigenvalue weighted by Crippen LogP contribution is 2.28. The molecule has 2 aromatic heterocycles. The third-order valence-corrected chi connectivity index (χ3v) is 6.80. The Morgan fingerprint density at radius 3 is 2.71 bits per heavy atom. The molecule has 0 saturated heterocycles. The van der Waals surface area contributed by atoms with Crippen LogP contribution in [0.1, 0.15) is 28.8 Å². The molecule has 2 aromatic carbocycles. The van der Waals surface area contributed by atoms with Crippen molar-refractivity contribution >= 4 is 56.5 Å². The maximum Gasteiger partial charge on any atom is 0.239 e. The molecule has 158 valence electrons. The van der Waals surface area contributed by atoms with Crippen molar-refractivity contribution in [3.8, 4) is 0 Å². The Morgan fingerprint density at radius 2 is 1.94 bits per heavy atom. The standard InChI is InChI=1S/C23H21ClN4OS2/c1-13-9-14(2)27-23(26-13)30-15(3)21(29)28-22-25-12-19(31-22)10-17-6-4-5-16-7-8-18(24)11-20(16)17/h4-9,11-12,15H,10H2,1-3H3,(H,25,28,29). The van der Waals surface area contributed by atoms with Crippen molar-refractivity contribution < 1.29 is 4.79 Å². The lowest BCUT2D eigenvalue weighted by Crippen LogP contribution is -2.22. The summed E-state index contributed by atoms with van der Waals surface area (Å²) in [7, 11) is 0. The van der Waals surface area contributed by atoms with Gasteiger partial charge in [-0.3, -0.25) is 4.79 Å². The number of aromatic nitrogens is 3. The molecule has 0 saturated carbocycles. The minimum Gasteiger partial charge on any atom is -0.301 e. The lowest BCUT2D eigenvalue weighted by Gasteiger charge is -2.10. The summed E-state index contributed by atoms with van der Waals surface area (Å²) in [5, 5.41) is 6.77. The van der Waals surface area contributed by atoms with Crippen LogP contribution in [0.15, 0.2) is 53.8 Å². The van der Waals surface area contributed by atoms with Gasteiger partial charge < -0.3 is 5.32 Å².